The van der Waals surface area contributed by atoms with Crippen LogP contribution in [0.3, 0.4) is 0 Å². The van der Waals surface area contributed by atoms with Crippen molar-refractivity contribution in [1.29, 1.82) is 0 Å². The SMILES string of the molecule is C=N/C=C(\C=C(/C)F)S(=O)(=O)N(C)[C@H](c1ccc(Cl)cc1)C(F)(F)F. The summed E-state index contributed by atoms with van der Waals surface area (Å²) < 4.78 is 78.8. The van der Waals surface area contributed by atoms with Crippen LogP contribution in [0.5, 0.6) is 0 Å². The van der Waals surface area contributed by atoms with E-state index in [0.717, 1.165) is 26.1 Å². The molecule has 0 fully saturated rings. The van der Waals surface area contributed by atoms with Gasteiger partial charge in [-0.15, -0.1) is 0 Å². The molecule has 0 saturated heterocycles. The van der Waals surface area contributed by atoms with Crippen LogP contribution in [0.1, 0.15) is 18.5 Å². The first kappa shape index (κ1) is 21.3. The molecule has 0 heterocycles. The molecule has 0 aliphatic heterocycles. The van der Waals surface area contributed by atoms with E-state index in [1.165, 1.54) is 12.1 Å². The van der Waals surface area contributed by atoms with Crippen LogP contribution in [0, 0.1) is 0 Å². The van der Waals surface area contributed by atoms with Crippen LogP contribution < -0.4 is 0 Å². The standard InChI is InChI=1S/C15H15ClF4N2O2S/c1-10(17)8-13(9-21-2)25(23,24)22(3)14(15(18,19)20)11-4-6-12(16)7-5-11/h4-9,14H,2H2,1,3H3/b10-8+,13-9+/t14-/m1/s1. The Balaban J connectivity index is 3.49. The predicted octanol–water partition coefficient (Wildman–Crippen LogP) is 4.62. The first-order chi connectivity index (χ1) is 11.4. The van der Waals surface area contributed by atoms with E-state index >= 15 is 0 Å². The maximum Gasteiger partial charge on any atom is 0.409 e. The van der Waals surface area contributed by atoms with Crippen molar-refractivity contribution in [3.63, 3.8) is 0 Å². The molecule has 0 bridgehead atoms. The molecule has 1 aromatic carbocycles. The fourth-order valence-electron chi connectivity index (χ4n) is 2.02. The lowest BCUT2D eigenvalue weighted by Crippen LogP contribution is -2.40. The number of hydrogen-bond acceptors (Lipinski definition) is 3. The molecule has 0 saturated carbocycles. The van der Waals surface area contributed by atoms with Gasteiger partial charge in [0.15, 0.2) is 0 Å². The summed E-state index contributed by atoms with van der Waals surface area (Å²) in [4.78, 5) is 2.46. The first-order valence-corrected chi connectivity index (χ1v) is 8.53. The fraction of sp³-hybridized carbons (Fsp3) is 0.267. The largest absolute Gasteiger partial charge is 0.409 e. The van der Waals surface area contributed by atoms with E-state index in [2.05, 4.69) is 11.7 Å². The smallest absolute Gasteiger partial charge is 0.271 e. The van der Waals surface area contributed by atoms with Gasteiger partial charge in [0.1, 0.15) is 10.9 Å². The Morgan fingerprint density at radius 2 is 1.84 bits per heavy atom. The van der Waals surface area contributed by atoms with Gasteiger partial charge in [-0.25, -0.2) is 12.8 Å². The van der Waals surface area contributed by atoms with Crippen molar-refractivity contribution < 1.29 is 26.0 Å². The number of allylic oxidation sites excluding steroid dienone is 2. The Bertz CT molecular complexity index is 783. The Morgan fingerprint density at radius 3 is 2.24 bits per heavy atom. The monoisotopic (exact) mass is 398 g/mol. The van der Waals surface area contributed by atoms with E-state index in [1.807, 2.05) is 0 Å². The summed E-state index contributed by atoms with van der Waals surface area (Å²) in [7, 11) is -3.96. The summed E-state index contributed by atoms with van der Waals surface area (Å²) in [5, 5.41) is 0.197. The summed E-state index contributed by atoms with van der Waals surface area (Å²) in [5.41, 5.74) is -0.338. The lowest BCUT2D eigenvalue weighted by atomic mass is 10.1. The third-order valence-electron chi connectivity index (χ3n) is 3.10. The Hall–Kier alpha value is -1.71. The molecule has 4 nitrogen and oxygen atoms in total. The molecule has 0 aromatic heterocycles. The Morgan fingerprint density at radius 1 is 1.32 bits per heavy atom. The van der Waals surface area contributed by atoms with Gasteiger partial charge in [-0.05, 0) is 37.4 Å². The summed E-state index contributed by atoms with van der Waals surface area (Å²) in [5.74, 6) is -0.915. The molecule has 0 N–H and O–H groups in total. The van der Waals surface area contributed by atoms with Crippen LogP contribution in [0.2, 0.25) is 5.02 Å². The molecule has 0 unspecified atom stereocenters. The fourth-order valence-corrected chi connectivity index (χ4v) is 3.52. The summed E-state index contributed by atoms with van der Waals surface area (Å²) in [6.07, 6.45) is -3.68. The quantitative estimate of drug-likeness (QED) is 0.399. The summed E-state index contributed by atoms with van der Waals surface area (Å²) in [6, 6.07) is 2.07. The van der Waals surface area contributed by atoms with Crippen molar-refractivity contribution in [3.8, 4) is 0 Å². The molecule has 1 aromatic rings. The Labute approximate surface area is 148 Å². The highest BCUT2D eigenvalue weighted by atomic mass is 35.5. The van der Waals surface area contributed by atoms with Gasteiger partial charge in [-0.1, -0.05) is 23.7 Å². The van der Waals surface area contributed by atoms with Gasteiger partial charge in [0.25, 0.3) is 0 Å². The topological polar surface area (TPSA) is 49.7 Å². The minimum absolute atomic E-state index is 0.104. The second-order valence-corrected chi connectivity index (χ2v) is 7.40. The molecule has 0 amide bonds. The molecule has 1 atom stereocenters. The number of nitrogens with zero attached hydrogens (tertiary/aromatic N) is 2. The first-order valence-electron chi connectivity index (χ1n) is 6.71. The maximum absolute atomic E-state index is 13.5. The zero-order chi connectivity index (χ0) is 19.4. The predicted molar refractivity (Wildman–Crippen MR) is 89.4 cm³/mol. The zero-order valence-corrected chi connectivity index (χ0v) is 14.8. The second-order valence-electron chi connectivity index (χ2n) is 4.96. The lowest BCUT2D eigenvalue weighted by molar-refractivity contribution is -0.171. The van der Waals surface area contributed by atoms with Crippen LogP contribution in [-0.4, -0.2) is 32.7 Å². The van der Waals surface area contributed by atoms with E-state index in [9.17, 15) is 26.0 Å². The number of sulfonamides is 1. The van der Waals surface area contributed by atoms with Crippen molar-refractivity contribution in [2.24, 2.45) is 4.99 Å². The van der Waals surface area contributed by atoms with Gasteiger partial charge in [0.2, 0.25) is 10.0 Å². The highest BCUT2D eigenvalue weighted by molar-refractivity contribution is 7.93. The lowest BCUT2D eigenvalue weighted by Gasteiger charge is -2.29. The molecule has 25 heavy (non-hydrogen) atoms. The minimum Gasteiger partial charge on any atom is -0.271 e. The van der Waals surface area contributed by atoms with Crippen molar-refractivity contribution in [2.75, 3.05) is 7.05 Å². The van der Waals surface area contributed by atoms with E-state index in [4.69, 9.17) is 11.6 Å². The van der Waals surface area contributed by atoms with Crippen molar-refractivity contribution >= 4 is 28.3 Å². The maximum atomic E-state index is 13.5. The third-order valence-corrected chi connectivity index (χ3v) is 5.14. The summed E-state index contributed by atoms with van der Waals surface area (Å²) >= 11 is 5.66. The average molecular weight is 399 g/mol. The van der Waals surface area contributed by atoms with E-state index in [0.29, 0.717) is 12.3 Å². The minimum atomic E-state index is -4.92. The van der Waals surface area contributed by atoms with Gasteiger partial charge >= 0.3 is 6.18 Å². The molecule has 10 heteroatoms. The second kappa shape index (κ2) is 8.11. The van der Waals surface area contributed by atoms with Crippen LogP contribution in [0.4, 0.5) is 17.6 Å². The van der Waals surface area contributed by atoms with Gasteiger partial charge in [-0.3, -0.25) is 4.99 Å². The molecule has 0 aliphatic rings. The highest BCUT2D eigenvalue weighted by Crippen LogP contribution is 2.40. The average Bonchev–Trinajstić information content (AvgIpc) is 2.47. The molecule has 1 rings (SSSR count). The number of halogens is 5. The molecule has 0 aliphatic carbocycles. The van der Waals surface area contributed by atoms with Crippen molar-refractivity contribution in [1.82, 2.24) is 4.31 Å². The van der Waals surface area contributed by atoms with Crippen LogP contribution in [0.15, 0.2) is 52.3 Å². The van der Waals surface area contributed by atoms with Crippen LogP contribution in [-0.2, 0) is 10.0 Å². The number of alkyl halides is 3. The molecule has 0 radical (unpaired) electrons. The third kappa shape index (κ3) is 5.38. The van der Waals surface area contributed by atoms with Crippen LogP contribution >= 0.6 is 11.6 Å². The summed E-state index contributed by atoms with van der Waals surface area (Å²) in [6.45, 7) is 4.00. The van der Waals surface area contributed by atoms with Crippen molar-refractivity contribution in [3.05, 3.63) is 57.9 Å². The molecule has 138 valence electrons. The number of aliphatic imine (C=N–C) groups is 1. The van der Waals surface area contributed by atoms with Gasteiger partial charge in [-0.2, -0.15) is 17.5 Å². The Kier molecular flexibility index (Phi) is 6.92. The zero-order valence-electron chi connectivity index (χ0n) is 13.3. The van der Waals surface area contributed by atoms with Gasteiger partial charge < -0.3 is 0 Å². The normalized spacial score (nSPS) is 15.4. The molecular formula is C15H15ClF4N2O2S. The van der Waals surface area contributed by atoms with E-state index in [1.54, 1.807) is 0 Å². The highest BCUT2D eigenvalue weighted by Gasteiger charge is 2.47. The van der Waals surface area contributed by atoms with Gasteiger partial charge in [0, 0.05) is 18.3 Å². The number of benzene rings is 1. The number of rotatable bonds is 6. The van der Waals surface area contributed by atoms with Crippen molar-refractivity contribution in [2.45, 2.75) is 19.1 Å². The van der Waals surface area contributed by atoms with E-state index < -0.39 is 33.0 Å². The van der Waals surface area contributed by atoms with E-state index in [-0.39, 0.29) is 14.9 Å². The van der Waals surface area contributed by atoms with Gasteiger partial charge in [0.05, 0.1) is 5.83 Å². The molecular weight excluding hydrogens is 384 g/mol. The van der Waals surface area contributed by atoms with Crippen LogP contribution in [0.25, 0.3) is 0 Å². The molecule has 0 spiro atoms. The number of hydrogen-bond donors (Lipinski definition) is 0.